The number of rotatable bonds is 4. The maximum absolute atomic E-state index is 9.08. The van der Waals surface area contributed by atoms with Gasteiger partial charge in [0.1, 0.15) is 0 Å². The average Bonchev–Trinajstić information content (AvgIpc) is 3.04. The maximum atomic E-state index is 9.08. The van der Waals surface area contributed by atoms with Crippen molar-refractivity contribution in [2.45, 2.75) is 50.6 Å². The van der Waals surface area contributed by atoms with Gasteiger partial charge in [-0.2, -0.15) is 0 Å². The molecule has 0 aliphatic heterocycles. The molecule has 0 radical (unpaired) electrons. The maximum Gasteiger partial charge on any atom is 0.0459 e. The Labute approximate surface area is 91.2 Å². The molecule has 1 N–H and O–H groups in total. The lowest BCUT2D eigenvalue weighted by atomic mass is 9.86. The van der Waals surface area contributed by atoms with Crippen LogP contribution in [0.4, 0.5) is 0 Å². The molecule has 0 aromatic rings. The van der Waals surface area contributed by atoms with Crippen molar-refractivity contribution in [2.75, 3.05) is 12.9 Å². The topological polar surface area (TPSA) is 23.5 Å². The van der Waals surface area contributed by atoms with Gasteiger partial charge in [0.05, 0.1) is 0 Å². The summed E-state index contributed by atoms with van der Waals surface area (Å²) in [5, 5.41) is 9.08. The van der Waals surface area contributed by atoms with E-state index in [9.17, 15) is 0 Å². The van der Waals surface area contributed by atoms with Gasteiger partial charge in [0.2, 0.25) is 0 Å². The monoisotopic (exact) mass is 215 g/mol. The molecule has 3 heteroatoms. The minimum absolute atomic E-state index is 0.398. The number of aliphatic hydroxyl groups is 1. The molecule has 2 nitrogen and oxygen atoms in total. The molecule has 0 atom stereocenters. The molecule has 2 fully saturated rings. The smallest absolute Gasteiger partial charge is 0.0459 e. The normalized spacial score (nSPS) is 33.6. The summed E-state index contributed by atoms with van der Waals surface area (Å²) >= 11 is 1.93. The molecule has 0 bridgehead atoms. The van der Waals surface area contributed by atoms with Crippen molar-refractivity contribution in [3.63, 3.8) is 0 Å². The lowest BCUT2D eigenvalue weighted by Crippen LogP contribution is -2.35. The fraction of sp³-hybridized carbons (Fsp3) is 1.00. The standard InChI is InChI=1S/C11H21NOS/c1-14-12(11-6-7-11)10-4-2-9(8-13)3-5-10/h9-11,13H,2-8H2,1H3. The summed E-state index contributed by atoms with van der Waals surface area (Å²) in [5.74, 6) is 0.592. The average molecular weight is 215 g/mol. The van der Waals surface area contributed by atoms with Crippen LogP contribution in [0.2, 0.25) is 0 Å². The zero-order chi connectivity index (χ0) is 9.97. The Morgan fingerprint density at radius 3 is 1.93 bits per heavy atom. The minimum Gasteiger partial charge on any atom is -0.396 e. The third kappa shape index (κ3) is 2.44. The molecule has 0 heterocycles. The second-order valence-corrected chi connectivity index (χ2v) is 5.42. The fourth-order valence-electron chi connectivity index (χ4n) is 2.51. The molecule has 0 unspecified atom stereocenters. The molecule has 0 amide bonds. The molecule has 2 aliphatic carbocycles. The largest absolute Gasteiger partial charge is 0.396 e. The first-order chi connectivity index (χ1) is 6.85. The number of hydrogen-bond donors (Lipinski definition) is 1. The van der Waals surface area contributed by atoms with Crippen LogP contribution in [0.5, 0.6) is 0 Å². The molecular weight excluding hydrogens is 194 g/mol. The molecule has 0 spiro atoms. The van der Waals surface area contributed by atoms with Gasteiger partial charge in [-0.25, -0.2) is 4.31 Å². The van der Waals surface area contributed by atoms with E-state index in [2.05, 4.69) is 10.6 Å². The van der Waals surface area contributed by atoms with Gasteiger partial charge in [-0.3, -0.25) is 0 Å². The van der Waals surface area contributed by atoms with Gasteiger partial charge in [0.25, 0.3) is 0 Å². The van der Waals surface area contributed by atoms with Crippen molar-refractivity contribution >= 4 is 11.9 Å². The van der Waals surface area contributed by atoms with E-state index in [4.69, 9.17) is 5.11 Å². The van der Waals surface area contributed by atoms with Crippen LogP contribution in [-0.2, 0) is 0 Å². The van der Waals surface area contributed by atoms with Gasteiger partial charge >= 0.3 is 0 Å². The highest BCUT2D eigenvalue weighted by molar-refractivity contribution is 7.96. The van der Waals surface area contributed by atoms with Crippen molar-refractivity contribution in [1.29, 1.82) is 0 Å². The van der Waals surface area contributed by atoms with Crippen LogP contribution in [0.1, 0.15) is 38.5 Å². The van der Waals surface area contributed by atoms with E-state index in [1.807, 2.05) is 11.9 Å². The van der Waals surface area contributed by atoms with Crippen LogP contribution in [-0.4, -0.2) is 34.4 Å². The zero-order valence-corrected chi connectivity index (χ0v) is 9.80. The lowest BCUT2D eigenvalue weighted by Gasteiger charge is -2.35. The van der Waals surface area contributed by atoms with Crippen molar-refractivity contribution in [3.05, 3.63) is 0 Å². The third-order valence-corrected chi connectivity index (χ3v) is 4.57. The molecular formula is C11H21NOS. The third-order valence-electron chi connectivity index (χ3n) is 3.55. The Bertz CT molecular complexity index is 176. The van der Waals surface area contributed by atoms with Crippen molar-refractivity contribution in [2.24, 2.45) is 5.92 Å². The van der Waals surface area contributed by atoms with E-state index in [1.54, 1.807) is 0 Å². The predicted molar refractivity (Wildman–Crippen MR) is 61.2 cm³/mol. The van der Waals surface area contributed by atoms with E-state index >= 15 is 0 Å². The Kier molecular flexibility index (Phi) is 3.74. The molecule has 82 valence electrons. The van der Waals surface area contributed by atoms with Crippen molar-refractivity contribution in [1.82, 2.24) is 4.31 Å². The van der Waals surface area contributed by atoms with E-state index in [0.717, 1.165) is 12.1 Å². The molecule has 14 heavy (non-hydrogen) atoms. The minimum atomic E-state index is 0.398. The molecule has 2 saturated carbocycles. The van der Waals surface area contributed by atoms with Crippen LogP contribution in [0.15, 0.2) is 0 Å². The highest BCUT2D eigenvalue weighted by atomic mass is 32.2. The lowest BCUT2D eigenvalue weighted by molar-refractivity contribution is 0.154. The summed E-state index contributed by atoms with van der Waals surface area (Å²) in [6.45, 7) is 0.398. The van der Waals surface area contributed by atoms with Gasteiger partial charge in [-0.1, -0.05) is 11.9 Å². The van der Waals surface area contributed by atoms with Crippen LogP contribution < -0.4 is 0 Å². The van der Waals surface area contributed by atoms with Gasteiger partial charge in [-0.05, 0) is 50.7 Å². The Balaban J connectivity index is 1.80. The Hall–Kier alpha value is 0.270. The fourth-order valence-corrected chi connectivity index (χ4v) is 3.53. The van der Waals surface area contributed by atoms with Crippen LogP contribution in [0.3, 0.4) is 0 Å². The molecule has 0 saturated heterocycles. The summed E-state index contributed by atoms with van der Waals surface area (Å²) in [6.07, 6.45) is 10.1. The van der Waals surface area contributed by atoms with Crippen LogP contribution in [0, 0.1) is 5.92 Å². The summed E-state index contributed by atoms with van der Waals surface area (Å²) < 4.78 is 2.62. The molecule has 0 aromatic carbocycles. The molecule has 2 rings (SSSR count). The van der Waals surface area contributed by atoms with Gasteiger partial charge < -0.3 is 5.11 Å². The first-order valence-electron chi connectivity index (χ1n) is 5.78. The first-order valence-corrected chi connectivity index (χ1v) is 6.96. The Morgan fingerprint density at radius 2 is 1.57 bits per heavy atom. The summed E-state index contributed by atoms with van der Waals surface area (Å²) in [4.78, 5) is 0. The highest BCUT2D eigenvalue weighted by Gasteiger charge is 2.35. The Morgan fingerprint density at radius 1 is 1.07 bits per heavy atom. The second-order valence-electron chi connectivity index (χ2n) is 4.63. The van der Waals surface area contributed by atoms with Crippen molar-refractivity contribution < 1.29 is 5.11 Å². The highest BCUT2D eigenvalue weighted by Crippen LogP contribution is 2.38. The van der Waals surface area contributed by atoms with E-state index in [1.165, 1.54) is 38.5 Å². The predicted octanol–water partition coefficient (Wildman–Crippen LogP) is 2.28. The van der Waals surface area contributed by atoms with Gasteiger partial charge in [-0.15, -0.1) is 0 Å². The number of aliphatic hydroxyl groups excluding tert-OH is 1. The summed E-state index contributed by atoms with van der Waals surface area (Å²) in [6, 6.07) is 1.67. The van der Waals surface area contributed by atoms with Crippen LogP contribution >= 0.6 is 11.9 Å². The van der Waals surface area contributed by atoms with E-state index in [0.29, 0.717) is 12.5 Å². The summed E-state index contributed by atoms with van der Waals surface area (Å²) in [5.41, 5.74) is 0. The number of hydrogen-bond acceptors (Lipinski definition) is 3. The number of nitrogens with zero attached hydrogens (tertiary/aromatic N) is 1. The zero-order valence-electron chi connectivity index (χ0n) is 8.98. The van der Waals surface area contributed by atoms with Crippen LogP contribution in [0.25, 0.3) is 0 Å². The molecule has 0 aromatic heterocycles. The van der Waals surface area contributed by atoms with Gasteiger partial charge in [0, 0.05) is 18.7 Å². The SMILES string of the molecule is CSN(C1CCC(CO)CC1)C1CC1. The van der Waals surface area contributed by atoms with Gasteiger partial charge in [0.15, 0.2) is 0 Å². The first kappa shape index (κ1) is 10.8. The molecule has 2 aliphatic rings. The second kappa shape index (κ2) is 4.86. The van der Waals surface area contributed by atoms with E-state index < -0.39 is 0 Å². The van der Waals surface area contributed by atoms with Crippen molar-refractivity contribution in [3.8, 4) is 0 Å². The summed E-state index contributed by atoms with van der Waals surface area (Å²) in [7, 11) is 0. The quantitative estimate of drug-likeness (QED) is 0.728. The van der Waals surface area contributed by atoms with E-state index in [-0.39, 0.29) is 0 Å².